The molecule has 1 amide bonds. The Kier molecular flexibility index (Phi) is 3.20. The smallest absolute Gasteiger partial charge is 0.237 e. The molecule has 1 fully saturated rings. The number of rotatable bonds is 2. The molecule has 1 atom stereocenters. The first-order chi connectivity index (χ1) is 7.83. The molecule has 0 aromatic carbocycles. The summed E-state index contributed by atoms with van der Waals surface area (Å²) in [7, 11) is 0. The van der Waals surface area contributed by atoms with Gasteiger partial charge in [-0.3, -0.25) is 4.79 Å². The van der Waals surface area contributed by atoms with Gasteiger partial charge in [-0.25, -0.2) is 4.98 Å². The van der Waals surface area contributed by atoms with E-state index >= 15 is 0 Å². The third-order valence-electron chi connectivity index (χ3n) is 2.89. The molecule has 84 valence electrons. The van der Waals surface area contributed by atoms with Crippen molar-refractivity contribution in [1.29, 1.82) is 5.26 Å². The molecule has 5 nitrogen and oxygen atoms in total. The van der Waals surface area contributed by atoms with E-state index in [1.807, 2.05) is 6.07 Å². The van der Waals surface area contributed by atoms with Crippen molar-refractivity contribution in [3.8, 4) is 6.07 Å². The molecule has 5 heteroatoms. The Morgan fingerprint density at radius 3 is 3.25 bits per heavy atom. The molecular formula is C11H14N4O. The van der Waals surface area contributed by atoms with Crippen LogP contribution in [0, 0.1) is 11.3 Å². The van der Waals surface area contributed by atoms with Crippen LogP contribution in [0.4, 0.5) is 0 Å². The largest absolute Gasteiger partial charge is 0.347 e. The van der Waals surface area contributed by atoms with Gasteiger partial charge >= 0.3 is 0 Å². The van der Waals surface area contributed by atoms with E-state index in [4.69, 9.17) is 5.26 Å². The first-order valence-corrected chi connectivity index (χ1v) is 5.48. The summed E-state index contributed by atoms with van der Waals surface area (Å²) in [4.78, 5) is 20.8. The minimum Gasteiger partial charge on any atom is -0.347 e. The third-order valence-corrected chi connectivity index (χ3v) is 2.89. The van der Waals surface area contributed by atoms with E-state index in [2.05, 4.69) is 9.97 Å². The van der Waals surface area contributed by atoms with Gasteiger partial charge in [0.1, 0.15) is 12.2 Å². The highest BCUT2D eigenvalue weighted by Crippen LogP contribution is 2.28. The molecule has 1 unspecified atom stereocenters. The summed E-state index contributed by atoms with van der Waals surface area (Å²) in [6, 6.07) is 1.93. The predicted molar refractivity (Wildman–Crippen MR) is 57.1 cm³/mol. The Bertz CT molecular complexity index is 393. The second-order valence-electron chi connectivity index (χ2n) is 3.91. The molecular weight excluding hydrogens is 204 g/mol. The number of nitriles is 1. The maximum absolute atomic E-state index is 11.8. The van der Waals surface area contributed by atoms with E-state index in [1.54, 1.807) is 17.3 Å². The number of amides is 1. The van der Waals surface area contributed by atoms with Crippen LogP contribution in [-0.2, 0) is 4.79 Å². The van der Waals surface area contributed by atoms with Crippen LogP contribution in [0.15, 0.2) is 12.4 Å². The summed E-state index contributed by atoms with van der Waals surface area (Å²) in [5.74, 6) is 0.731. The molecule has 0 aliphatic carbocycles. The SMILES string of the molecule is N#CCC(=O)N1CCCCC1c1ncc[nH]1. The Morgan fingerprint density at radius 2 is 2.56 bits per heavy atom. The number of likely N-dealkylation sites (tertiary alicyclic amines) is 1. The summed E-state index contributed by atoms with van der Waals surface area (Å²) < 4.78 is 0. The van der Waals surface area contributed by atoms with E-state index in [0.29, 0.717) is 0 Å². The minimum absolute atomic E-state index is 0.0181. The van der Waals surface area contributed by atoms with E-state index in [9.17, 15) is 4.79 Å². The number of nitrogens with zero attached hydrogens (tertiary/aromatic N) is 3. The first kappa shape index (κ1) is 10.7. The van der Waals surface area contributed by atoms with Gasteiger partial charge in [0.2, 0.25) is 5.91 Å². The quantitative estimate of drug-likeness (QED) is 0.814. The van der Waals surface area contributed by atoms with Gasteiger partial charge in [0.25, 0.3) is 0 Å². The number of piperidine rings is 1. The monoisotopic (exact) mass is 218 g/mol. The van der Waals surface area contributed by atoms with Gasteiger partial charge in [0.05, 0.1) is 12.1 Å². The average molecular weight is 218 g/mol. The van der Waals surface area contributed by atoms with Crippen molar-refractivity contribution in [3.05, 3.63) is 18.2 Å². The lowest BCUT2D eigenvalue weighted by Crippen LogP contribution is -2.38. The molecule has 2 heterocycles. The number of carbonyl (C=O) groups is 1. The number of aromatic amines is 1. The van der Waals surface area contributed by atoms with Crippen LogP contribution in [-0.4, -0.2) is 27.3 Å². The molecule has 1 aromatic rings. The van der Waals surface area contributed by atoms with Gasteiger partial charge in [-0.15, -0.1) is 0 Å². The molecule has 1 aliphatic rings. The van der Waals surface area contributed by atoms with Crippen molar-refractivity contribution in [2.45, 2.75) is 31.7 Å². The number of nitrogens with one attached hydrogen (secondary N) is 1. The fourth-order valence-corrected chi connectivity index (χ4v) is 2.14. The zero-order chi connectivity index (χ0) is 11.4. The van der Waals surface area contributed by atoms with Crippen LogP contribution in [0.2, 0.25) is 0 Å². The van der Waals surface area contributed by atoms with Crippen LogP contribution < -0.4 is 0 Å². The molecule has 0 saturated carbocycles. The first-order valence-electron chi connectivity index (χ1n) is 5.48. The molecule has 16 heavy (non-hydrogen) atoms. The molecule has 2 rings (SSSR count). The summed E-state index contributed by atoms with van der Waals surface area (Å²) in [6.45, 7) is 0.728. The zero-order valence-electron chi connectivity index (χ0n) is 9.02. The standard InChI is InChI=1S/C11H14N4O/c12-5-4-10(16)15-8-2-1-3-9(15)11-13-6-7-14-11/h6-7,9H,1-4,8H2,(H,13,14). The van der Waals surface area contributed by atoms with Crippen LogP contribution in [0.25, 0.3) is 0 Å². The second-order valence-corrected chi connectivity index (χ2v) is 3.91. The fraction of sp³-hybridized carbons (Fsp3) is 0.545. The molecule has 1 aliphatic heterocycles. The van der Waals surface area contributed by atoms with Gasteiger partial charge < -0.3 is 9.88 Å². The predicted octanol–water partition coefficient (Wildman–Crippen LogP) is 1.38. The zero-order valence-corrected chi connectivity index (χ0v) is 9.02. The molecule has 0 spiro atoms. The summed E-state index contributed by atoms with van der Waals surface area (Å²) >= 11 is 0. The number of H-pyrrole nitrogens is 1. The van der Waals surface area contributed by atoms with Crippen molar-refractivity contribution in [2.75, 3.05) is 6.54 Å². The number of hydrogen-bond acceptors (Lipinski definition) is 3. The number of hydrogen-bond donors (Lipinski definition) is 1. The average Bonchev–Trinajstić information content (AvgIpc) is 2.83. The molecule has 0 radical (unpaired) electrons. The number of carbonyl (C=O) groups excluding carboxylic acids is 1. The molecule has 1 N–H and O–H groups in total. The highest BCUT2D eigenvalue weighted by Gasteiger charge is 2.28. The van der Waals surface area contributed by atoms with Gasteiger partial charge in [0, 0.05) is 18.9 Å². The van der Waals surface area contributed by atoms with Crippen molar-refractivity contribution in [2.24, 2.45) is 0 Å². The highest BCUT2D eigenvalue weighted by molar-refractivity contribution is 5.78. The van der Waals surface area contributed by atoms with Crippen LogP contribution in [0.1, 0.15) is 37.5 Å². The lowest BCUT2D eigenvalue weighted by Gasteiger charge is -2.34. The summed E-state index contributed by atoms with van der Waals surface area (Å²) in [6.07, 6.45) is 6.44. The molecule has 1 aromatic heterocycles. The Labute approximate surface area is 94.1 Å². The van der Waals surface area contributed by atoms with Gasteiger partial charge in [-0.1, -0.05) is 0 Å². The fourth-order valence-electron chi connectivity index (χ4n) is 2.14. The van der Waals surface area contributed by atoms with Gasteiger partial charge in [-0.2, -0.15) is 5.26 Å². The second kappa shape index (κ2) is 4.79. The topological polar surface area (TPSA) is 72.8 Å². The van der Waals surface area contributed by atoms with E-state index in [0.717, 1.165) is 31.6 Å². The minimum atomic E-state index is -0.0939. The molecule has 1 saturated heterocycles. The van der Waals surface area contributed by atoms with E-state index < -0.39 is 0 Å². The Morgan fingerprint density at radius 1 is 1.69 bits per heavy atom. The Hall–Kier alpha value is -1.83. The Balaban J connectivity index is 2.15. The normalized spacial score (nSPS) is 20.4. The third kappa shape index (κ3) is 2.06. The molecule has 0 bridgehead atoms. The lowest BCUT2D eigenvalue weighted by atomic mass is 10.0. The van der Waals surface area contributed by atoms with Gasteiger partial charge in [0.15, 0.2) is 0 Å². The van der Waals surface area contributed by atoms with E-state index in [-0.39, 0.29) is 18.4 Å². The summed E-state index contributed by atoms with van der Waals surface area (Å²) in [5, 5.41) is 8.56. The van der Waals surface area contributed by atoms with E-state index in [1.165, 1.54) is 0 Å². The van der Waals surface area contributed by atoms with Gasteiger partial charge in [-0.05, 0) is 19.3 Å². The van der Waals surface area contributed by atoms with Crippen molar-refractivity contribution < 1.29 is 4.79 Å². The maximum Gasteiger partial charge on any atom is 0.237 e. The highest BCUT2D eigenvalue weighted by atomic mass is 16.2. The van der Waals surface area contributed by atoms with Crippen molar-refractivity contribution in [3.63, 3.8) is 0 Å². The number of imidazole rings is 1. The van der Waals surface area contributed by atoms with Crippen LogP contribution in [0.5, 0.6) is 0 Å². The van der Waals surface area contributed by atoms with Crippen molar-refractivity contribution in [1.82, 2.24) is 14.9 Å². The lowest BCUT2D eigenvalue weighted by molar-refractivity contribution is -0.134. The van der Waals surface area contributed by atoms with Crippen molar-refractivity contribution >= 4 is 5.91 Å². The number of aromatic nitrogens is 2. The maximum atomic E-state index is 11.8. The van der Waals surface area contributed by atoms with Crippen LogP contribution >= 0.6 is 0 Å². The summed E-state index contributed by atoms with van der Waals surface area (Å²) in [5.41, 5.74) is 0. The van der Waals surface area contributed by atoms with Crippen LogP contribution in [0.3, 0.4) is 0 Å².